The molecular weight excluding hydrogens is 190 g/mol. The molecule has 0 rings (SSSR count). The molecule has 0 aromatic carbocycles. The first-order valence-electron chi connectivity index (χ1n) is 5.36. The maximum Gasteiger partial charge on any atom is 0.277 e. The minimum atomic E-state index is 0.196. The summed E-state index contributed by atoms with van der Waals surface area (Å²) in [6.07, 6.45) is 0. The number of carbonyl (C=O) groups is 1. The van der Waals surface area contributed by atoms with Gasteiger partial charge in [-0.25, -0.2) is 0 Å². The van der Waals surface area contributed by atoms with Crippen LogP contribution in [-0.2, 0) is 4.79 Å². The molecule has 0 aromatic rings. The van der Waals surface area contributed by atoms with Crippen molar-refractivity contribution in [1.82, 2.24) is 4.90 Å². The molecule has 4 nitrogen and oxygen atoms in total. The Bertz CT molecular complexity index is 216. The molecule has 15 heavy (non-hydrogen) atoms. The molecular formula is C11H27N3O+2. The molecule has 0 aromatic heterocycles. The molecule has 0 bridgehead atoms. The molecule has 0 radical (unpaired) electrons. The van der Waals surface area contributed by atoms with Crippen molar-refractivity contribution in [3.05, 3.63) is 0 Å². The lowest BCUT2D eigenvalue weighted by Crippen LogP contribution is -2.52. The Morgan fingerprint density at radius 3 is 1.80 bits per heavy atom. The van der Waals surface area contributed by atoms with E-state index in [1.165, 1.54) is 0 Å². The number of rotatable bonds is 5. The lowest BCUT2D eigenvalue weighted by Gasteiger charge is -2.33. The molecule has 0 saturated carbocycles. The van der Waals surface area contributed by atoms with Gasteiger partial charge in [-0.15, -0.1) is 0 Å². The van der Waals surface area contributed by atoms with Gasteiger partial charge >= 0.3 is 0 Å². The molecule has 0 heterocycles. The van der Waals surface area contributed by atoms with Crippen LogP contribution in [0, 0.1) is 0 Å². The third-order valence-electron chi connectivity index (χ3n) is 2.44. The van der Waals surface area contributed by atoms with Gasteiger partial charge in [-0.05, 0) is 0 Å². The summed E-state index contributed by atoms with van der Waals surface area (Å²) in [7, 11) is 14.4. The fourth-order valence-electron chi connectivity index (χ4n) is 1.16. The number of quaternary nitrogens is 2. The van der Waals surface area contributed by atoms with Crippen molar-refractivity contribution >= 4 is 5.91 Å². The van der Waals surface area contributed by atoms with Crippen LogP contribution in [0.1, 0.15) is 0 Å². The van der Waals surface area contributed by atoms with Crippen molar-refractivity contribution < 1.29 is 13.8 Å². The fourth-order valence-corrected chi connectivity index (χ4v) is 1.16. The van der Waals surface area contributed by atoms with Gasteiger partial charge in [0.05, 0.1) is 35.2 Å². The normalized spacial score (nSPS) is 12.7. The quantitative estimate of drug-likeness (QED) is 0.587. The predicted molar refractivity (Wildman–Crippen MR) is 63.4 cm³/mol. The highest BCUT2D eigenvalue weighted by Crippen LogP contribution is 2.01. The average Bonchev–Trinajstić information content (AvgIpc) is 1.99. The van der Waals surface area contributed by atoms with Crippen molar-refractivity contribution in [3.8, 4) is 0 Å². The fraction of sp³-hybridized carbons (Fsp3) is 0.909. The second-order valence-corrected chi connectivity index (χ2v) is 6.12. The van der Waals surface area contributed by atoms with E-state index in [0.29, 0.717) is 6.54 Å². The summed E-state index contributed by atoms with van der Waals surface area (Å²) < 4.78 is 1.70. The van der Waals surface area contributed by atoms with E-state index in [-0.39, 0.29) is 5.91 Å². The summed E-state index contributed by atoms with van der Waals surface area (Å²) in [6, 6.07) is 0. The van der Waals surface area contributed by atoms with Crippen molar-refractivity contribution in [1.29, 1.82) is 0 Å². The van der Waals surface area contributed by atoms with Gasteiger partial charge in [-0.1, -0.05) is 0 Å². The van der Waals surface area contributed by atoms with Gasteiger partial charge in [0.15, 0.2) is 6.54 Å². The zero-order valence-corrected chi connectivity index (χ0v) is 11.4. The Labute approximate surface area is 94.2 Å². The first-order chi connectivity index (χ1) is 6.53. The molecule has 0 spiro atoms. The highest BCUT2D eigenvalue weighted by Gasteiger charge is 2.23. The minimum absolute atomic E-state index is 0.196. The first kappa shape index (κ1) is 14.4. The van der Waals surface area contributed by atoms with E-state index in [1.54, 1.807) is 4.90 Å². The predicted octanol–water partition coefficient (Wildman–Crippen LogP) is -0.143. The molecule has 0 N–H and O–H groups in total. The van der Waals surface area contributed by atoms with E-state index in [9.17, 15) is 4.79 Å². The average molecular weight is 217 g/mol. The standard InChI is InChI=1S/C11H27N3O/c1-12(2)11(15)10-14(6,7)9-8-13(3,4)5/h8-10H2,1-7H3/q+2. The summed E-state index contributed by atoms with van der Waals surface area (Å²) in [5.41, 5.74) is 0. The molecule has 0 aliphatic carbocycles. The van der Waals surface area contributed by atoms with Crippen LogP contribution >= 0.6 is 0 Å². The van der Waals surface area contributed by atoms with Gasteiger partial charge in [0.1, 0.15) is 13.1 Å². The van der Waals surface area contributed by atoms with Crippen LogP contribution in [0.2, 0.25) is 0 Å². The summed E-state index contributed by atoms with van der Waals surface area (Å²) in [4.78, 5) is 13.2. The number of hydrogen-bond donors (Lipinski definition) is 0. The van der Waals surface area contributed by atoms with Gasteiger partial charge in [-0.3, -0.25) is 4.79 Å². The summed E-state index contributed by atoms with van der Waals surface area (Å²) >= 11 is 0. The monoisotopic (exact) mass is 217 g/mol. The Balaban J connectivity index is 4.14. The van der Waals surface area contributed by atoms with Crippen LogP contribution in [-0.4, -0.2) is 88.7 Å². The molecule has 90 valence electrons. The van der Waals surface area contributed by atoms with Gasteiger partial charge < -0.3 is 13.9 Å². The molecule has 1 amide bonds. The topological polar surface area (TPSA) is 20.3 Å². The van der Waals surface area contributed by atoms with Crippen molar-refractivity contribution in [2.75, 3.05) is 69.0 Å². The lowest BCUT2D eigenvalue weighted by molar-refractivity contribution is -0.933. The number of amides is 1. The second kappa shape index (κ2) is 4.94. The third kappa shape index (κ3) is 7.33. The van der Waals surface area contributed by atoms with Crippen LogP contribution in [0.25, 0.3) is 0 Å². The largest absolute Gasteiger partial charge is 0.344 e. The van der Waals surface area contributed by atoms with Crippen LogP contribution in [0.4, 0.5) is 0 Å². The lowest BCUT2D eigenvalue weighted by atomic mass is 10.3. The van der Waals surface area contributed by atoms with Crippen LogP contribution in [0.5, 0.6) is 0 Å². The van der Waals surface area contributed by atoms with E-state index >= 15 is 0 Å². The highest BCUT2D eigenvalue weighted by molar-refractivity contribution is 5.76. The second-order valence-electron chi connectivity index (χ2n) is 6.12. The SMILES string of the molecule is CN(C)C(=O)C[N+](C)(C)CC[N+](C)(C)C. The Kier molecular flexibility index (Phi) is 4.74. The van der Waals surface area contributed by atoms with Crippen LogP contribution in [0.15, 0.2) is 0 Å². The molecule has 0 atom stereocenters. The number of hydrogen-bond acceptors (Lipinski definition) is 1. The maximum absolute atomic E-state index is 11.6. The van der Waals surface area contributed by atoms with Gasteiger partial charge in [0.25, 0.3) is 5.91 Å². The van der Waals surface area contributed by atoms with Crippen LogP contribution < -0.4 is 0 Å². The van der Waals surface area contributed by atoms with E-state index in [2.05, 4.69) is 35.2 Å². The third-order valence-corrected chi connectivity index (χ3v) is 2.44. The summed E-state index contributed by atoms with van der Waals surface area (Å²) in [6.45, 7) is 2.67. The van der Waals surface area contributed by atoms with Crippen molar-refractivity contribution in [2.45, 2.75) is 0 Å². The van der Waals surface area contributed by atoms with E-state index in [0.717, 1.165) is 22.1 Å². The minimum Gasteiger partial charge on any atom is -0.344 e. The smallest absolute Gasteiger partial charge is 0.277 e. The Morgan fingerprint density at radius 2 is 1.47 bits per heavy atom. The van der Waals surface area contributed by atoms with Gasteiger partial charge in [-0.2, -0.15) is 0 Å². The molecule has 4 heteroatoms. The van der Waals surface area contributed by atoms with Crippen molar-refractivity contribution in [2.24, 2.45) is 0 Å². The van der Waals surface area contributed by atoms with Gasteiger partial charge in [0, 0.05) is 14.1 Å². The maximum atomic E-state index is 11.6. The van der Waals surface area contributed by atoms with Crippen LogP contribution in [0.3, 0.4) is 0 Å². The van der Waals surface area contributed by atoms with Crippen molar-refractivity contribution in [3.63, 3.8) is 0 Å². The van der Waals surface area contributed by atoms with E-state index < -0.39 is 0 Å². The highest BCUT2D eigenvalue weighted by atomic mass is 16.2. The zero-order chi connectivity index (χ0) is 12.3. The number of nitrogens with zero attached hydrogens (tertiary/aromatic N) is 3. The van der Waals surface area contributed by atoms with E-state index in [1.807, 2.05) is 14.1 Å². The molecule has 0 aliphatic heterocycles. The Morgan fingerprint density at radius 1 is 1.00 bits per heavy atom. The molecule has 0 unspecified atom stereocenters. The van der Waals surface area contributed by atoms with Gasteiger partial charge in [0.2, 0.25) is 0 Å². The summed E-state index contributed by atoms with van der Waals surface area (Å²) in [5.74, 6) is 0.196. The number of carbonyl (C=O) groups excluding carboxylic acids is 1. The first-order valence-corrected chi connectivity index (χ1v) is 5.36. The number of likely N-dealkylation sites (N-methyl/N-ethyl adjacent to an activating group) is 3. The van der Waals surface area contributed by atoms with E-state index in [4.69, 9.17) is 0 Å². The molecule has 0 saturated heterocycles. The Hall–Kier alpha value is -0.610. The molecule has 0 aliphatic rings. The molecule has 0 fully saturated rings. The summed E-state index contributed by atoms with van der Waals surface area (Å²) in [5, 5.41) is 0. The zero-order valence-electron chi connectivity index (χ0n) is 11.4.